The van der Waals surface area contributed by atoms with Gasteiger partial charge in [-0.3, -0.25) is 4.79 Å². The van der Waals surface area contributed by atoms with Gasteiger partial charge in [-0.25, -0.2) is 0 Å². The fraction of sp³-hybridized carbons (Fsp3) is 0.200. The molecule has 15 heavy (non-hydrogen) atoms. The number of nitrogens with one attached hydrogen (secondary N) is 1. The highest BCUT2D eigenvalue weighted by molar-refractivity contribution is 6.56. The van der Waals surface area contributed by atoms with Crippen LogP contribution >= 0.6 is 11.6 Å². The molecule has 1 aromatic carbocycles. The number of halogens is 1. The molecule has 0 aliphatic carbocycles. The number of fused-ring (bicyclic) bond motifs is 1. The Balaban J connectivity index is 2.58. The van der Waals surface area contributed by atoms with Gasteiger partial charge in [0.05, 0.1) is 10.7 Å². The lowest BCUT2D eigenvalue weighted by Crippen LogP contribution is -2.18. The molecular formula is C10H10ClN3O. The van der Waals surface area contributed by atoms with Gasteiger partial charge in [0, 0.05) is 19.7 Å². The first-order chi connectivity index (χ1) is 7.09. The molecule has 0 saturated carbocycles. The molecule has 1 amide bonds. The van der Waals surface area contributed by atoms with Crippen LogP contribution in [0, 0.1) is 0 Å². The lowest BCUT2D eigenvalue weighted by atomic mass is 10.1. The van der Waals surface area contributed by atoms with Crippen LogP contribution in [0.25, 0.3) is 0 Å². The smallest absolute Gasteiger partial charge is 0.276 e. The van der Waals surface area contributed by atoms with Gasteiger partial charge < -0.3 is 10.3 Å². The minimum absolute atomic E-state index is 0.216. The fourth-order valence-corrected chi connectivity index (χ4v) is 1.72. The normalized spacial score (nSPS) is 16.5. The summed E-state index contributed by atoms with van der Waals surface area (Å²) < 4.78 is 0. The highest BCUT2D eigenvalue weighted by Gasteiger charge is 2.28. The van der Waals surface area contributed by atoms with Crippen LogP contribution in [0.1, 0.15) is 5.56 Å². The summed E-state index contributed by atoms with van der Waals surface area (Å²) in [5, 5.41) is 8.94. The van der Waals surface area contributed by atoms with E-state index in [2.05, 4.69) is 10.4 Å². The number of hydrazone groups is 1. The number of amides is 1. The van der Waals surface area contributed by atoms with Gasteiger partial charge in [-0.1, -0.05) is 17.7 Å². The van der Waals surface area contributed by atoms with E-state index in [1.54, 1.807) is 37.3 Å². The molecular weight excluding hydrogens is 214 g/mol. The predicted molar refractivity (Wildman–Crippen MR) is 60.3 cm³/mol. The predicted octanol–water partition coefficient (Wildman–Crippen LogP) is 1.56. The summed E-state index contributed by atoms with van der Waals surface area (Å²) in [6.07, 6.45) is 0. The molecule has 1 N–H and O–H groups in total. The van der Waals surface area contributed by atoms with Crippen LogP contribution in [0.2, 0.25) is 5.02 Å². The van der Waals surface area contributed by atoms with Crippen molar-refractivity contribution in [1.82, 2.24) is 5.01 Å². The lowest BCUT2D eigenvalue weighted by Gasteiger charge is -2.05. The van der Waals surface area contributed by atoms with Gasteiger partial charge >= 0.3 is 0 Å². The molecule has 0 atom stereocenters. The van der Waals surface area contributed by atoms with Crippen molar-refractivity contribution < 1.29 is 4.79 Å². The molecule has 78 valence electrons. The molecule has 0 spiro atoms. The van der Waals surface area contributed by atoms with Crippen LogP contribution in [-0.2, 0) is 4.79 Å². The molecule has 1 aliphatic heterocycles. The molecule has 2 rings (SSSR count). The average Bonchev–Trinajstić information content (AvgIpc) is 2.43. The van der Waals surface area contributed by atoms with Gasteiger partial charge in [0.2, 0.25) is 0 Å². The Bertz CT molecular complexity index is 454. The molecule has 0 bridgehead atoms. The number of hydrogen-bond acceptors (Lipinski definition) is 3. The van der Waals surface area contributed by atoms with E-state index in [1.807, 2.05) is 0 Å². The third-order valence-corrected chi connectivity index (χ3v) is 2.33. The van der Waals surface area contributed by atoms with Gasteiger partial charge in [-0.15, -0.1) is 0 Å². The molecule has 4 nitrogen and oxygen atoms in total. The van der Waals surface area contributed by atoms with Crippen molar-refractivity contribution in [2.45, 2.75) is 0 Å². The number of hydrogen-bond donors (Lipinski definition) is 1. The maximum absolute atomic E-state index is 11.6. The molecule has 0 radical (unpaired) electrons. The van der Waals surface area contributed by atoms with Crippen LogP contribution in [0.5, 0.6) is 0 Å². The Labute approximate surface area is 92.5 Å². The van der Waals surface area contributed by atoms with E-state index < -0.39 is 0 Å². The molecule has 5 heteroatoms. The van der Waals surface area contributed by atoms with Gasteiger partial charge in [0.25, 0.3) is 5.91 Å². The number of anilines is 1. The second-order valence-corrected chi connectivity index (χ2v) is 3.82. The molecule has 1 aromatic rings. The van der Waals surface area contributed by atoms with Crippen molar-refractivity contribution in [2.24, 2.45) is 5.10 Å². The first-order valence-corrected chi connectivity index (χ1v) is 4.83. The van der Waals surface area contributed by atoms with Crippen molar-refractivity contribution >= 4 is 28.9 Å². The number of nitrogens with zero attached hydrogens (tertiary/aromatic N) is 2. The van der Waals surface area contributed by atoms with Crippen LogP contribution in [-0.4, -0.2) is 30.7 Å². The van der Waals surface area contributed by atoms with Crippen molar-refractivity contribution in [2.75, 3.05) is 19.4 Å². The zero-order chi connectivity index (χ0) is 11.0. The van der Waals surface area contributed by atoms with Gasteiger partial charge in [-0.2, -0.15) is 5.10 Å². The van der Waals surface area contributed by atoms with Gasteiger partial charge in [0.1, 0.15) is 0 Å². The molecule has 1 heterocycles. The number of rotatable bonds is 1. The third-order valence-electron chi connectivity index (χ3n) is 2.01. The molecule has 0 aromatic heterocycles. The second kappa shape index (κ2) is 3.55. The van der Waals surface area contributed by atoms with Gasteiger partial charge in [-0.05, 0) is 12.1 Å². The molecule has 1 aliphatic rings. The van der Waals surface area contributed by atoms with Crippen LogP contribution < -0.4 is 5.32 Å². The summed E-state index contributed by atoms with van der Waals surface area (Å²) >= 11 is 6.02. The maximum atomic E-state index is 11.6. The standard InChI is InChI=1S/C10H10ClN3O/c1-14(2)13-9-8-6(11)4-3-5-7(8)12-10(9)15/h3-5H,1-2H3,(H,12,13,15). The van der Waals surface area contributed by atoms with Crippen LogP contribution in [0.15, 0.2) is 23.3 Å². The summed E-state index contributed by atoms with van der Waals surface area (Å²) in [4.78, 5) is 11.6. The van der Waals surface area contributed by atoms with Crippen molar-refractivity contribution in [3.63, 3.8) is 0 Å². The quantitative estimate of drug-likeness (QED) is 0.735. The Hall–Kier alpha value is -1.55. The van der Waals surface area contributed by atoms with Crippen molar-refractivity contribution in [1.29, 1.82) is 0 Å². The van der Waals surface area contributed by atoms with Crippen LogP contribution in [0.4, 0.5) is 5.69 Å². The van der Waals surface area contributed by atoms with Gasteiger partial charge in [0.15, 0.2) is 5.71 Å². The summed E-state index contributed by atoms with van der Waals surface area (Å²) in [7, 11) is 3.52. The largest absolute Gasteiger partial charge is 0.320 e. The summed E-state index contributed by atoms with van der Waals surface area (Å²) in [6, 6.07) is 5.34. The van der Waals surface area contributed by atoms with Crippen molar-refractivity contribution in [3.8, 4) is 0 Å². The minimum atomic E-state index is -0.216. The fourth-order valence-electron chi connectivity index (χ4n) is 1.46. The van der Waals surface area contributed by atoms with E-state index in [9.17, 15) is 4.79 Å². The van der Waals surface area contributed by atoms with E-state index in [0.717, 1.165) is 0 Å². The highest BCUT2D eigenvalue weighted by Crippen LogP contribution is 2.29. The monoisotopic (exact) mass is 223 g/mol. The molecule has 0 saturated heterocycles. The van der Waals surface area contributed by atoms with E-state index in [4.69, 9.17) is 11.6 Å². The first kappa shape index (κ1) is 9.98. The third kappa shape index (κ3) is 1.68. The maximum Gasteiger partial charge on any atom is 0.276 e. The topological polar surface area (TPSA) is 44.7 Å². The first-order valence-electron chi connectivity index (χ1n) is 4.46. The van der Waals surface area contributed by atoms with E-state index in [1.165, 1.54) is 0 Å². The number of carbonyl (C=O) groups is 1. The Morgan fingerprint density at radius 1 is 1.40 bits per heavy atom. The van der Waals surface area contributed by atoms with E-state index in [0.29, 0.717) is 22.0 Å². The highest BCUT2D eigenvalue weighted by atomic mass is 35.5. The zero-order valence-electron chi connectivity index (χ0n) is 8.41. The number of benzene rings is 1. The second-order valence-electron chi connectivity index (χ2n) is 3.41. The average molecular weight is 224 g/mol. The number of carbonyl (C=O) groups excluding carboxylic acids is 1. The molecule has 0 unspecified atom stereocenters. The minimum Gasteiger partial charge on any atom is -0.320 e. The van der Waals surface area contributed by atoms with Crippen molar-refractivity contribution in [3.05, 3.63) is 28.8 Å². The summed E-state index contributed by atoms with van der Waals surface area (Å²) in [5.74, 6) is -0.216. The zero-order valence-corrected chi connectivity index (χ0v) is 9.17. The summed E-state index contributed by atoms with van der Waals surface area (Å²) in [5.41, 5.74) is 1.76. The Kier molecular flexibility index (Phi) is 2.36. The Morgan fingerprint density at radius 2 is 2.13 bits per heavy atom. The Morgan fingerprint density at radius 3 is 2.80 bits per heavy atom. The van der Waals surface area contributed by atoms with Crippen LogP contribution in [0.3, 0.4) is 0 Å². The lowest BCUT2D eigenvalue weighted by molar-refractivity contribution is -0.110. The molecule has 0 fully saturated rings. The SMILES string of the molecule is CN(C)/N=C1\C(=O)Nc2cccc(Cl)c21. The van der Waals surface area contributed by atoms with E-state index in [-0.39, 0.29) is 5.91 Å². The summed E-state index contributed by atoms with van der Waals surface area (Å²) in [6.45, 7) is 0. The van der Waals surface area contributed by atoms with E-state index >= 15 is 0 Å².